The van der Waals surface area contributed by atoms with Crippen LogP contribution in [0.3, 0.4) is 0 Å². The number of carboxylic acids is 2. The maximum absolute atomic E-state index is 13.3. The molecule has 12 nitrogen and oxygen atoms in total. The summed E-state index contributed by atoms with van der Waals surface area (Å²) in [4.78, 5) is 73.6. The van der Waals surface area contributed by atoms with E-state index >= 15 is 0 Å². The highest BCUT2D eigenvalue weighted by Crippen LogP contribution is 2.51. The average molecular weight is 715 g/mol. The summed E-state index contributed by atoms with van der Waals surface area (Å²) in [5.41, 5.74) is 1.27. The molecule has 4 aliphatic carbocycles. The van der Waals surface area contributed by atoms with E-state index in [1.165, 1.54) is 0 Å². The summed E-state index contributed by atoms with van der Waals surface area (Å²) < 4.78 is 3.82. The van der Waals surface area contributed by atoms with Crippen molar-refractivity contribution in [3.05, 3.63) is 58.2 Å². The number of allylic oxidation sites excluding steroid dienone is 2. The predicted molar refractivity (Wildman–Crippen MR) is 188 cm³/mol. The van der Waals surface area contributed by atoms with Crippen LogP contribution in [0, 0.1) is 0 Å². The van der Waals surface area contributed by atoms with E-state index in [9.17, 15) is 39.0 Å². The minimum atomic E-state index is -1.09. The Hall–Kier alpha value is -4.74. The van der Waals surface area contributed by atoms with Crippen LogP contribution in [-0.4, -0.2) is 64.6 Å². The van der Waals surface area contributed by atoms with Crippen LogP contribution in [0.4, 0.5) is 0 Å². The molecule has 8 rings (SSSR count). The van der Waals surface area contributed by atoms with E-state index in [2.05, 4.69) is 0 Å². The zero-order chi connectivity index (χ0) is 36.9. The van der Waals surface area contributed by atoms with E-state index in [1.54, 1.807) is 0 Å². The van der Waals surface area contributed by atoms with E-state index in [4.69, 9.17) is 10.2 Å². The summed E-state index contributed by atoms with van der Waals surface area (Å²) in [6.45, 7) is 0. The number of hydrogen-bond donors (Lipinski definition) is 4. The molecule has 52 heavy (non-hydrogen) atoms. The van der Waals surface area contributed by atoms with Gasteiger partial charge in [-0.2, -0.15) is 0 Å². The Morgan fingerprint density at radius 3 is 1.62 bits per heavy atom. The molecule has 4 heterocycles. The summed E-state index contributed by atoms with van der Waals surface area (Å²) >= 11 is 0. The van der Waals surface area contributed by atoms with Gasteiger partial charge >= 0.3 is 11.9 Å². The number of aromatic nitrogens is 2. The molecule has 0 atom stereocenters. The number of aliphatic hydroxyl groups is 2. The maximum Gasteiger partial charge on any atom is 0.303 e. The molecule has 2 aliphatic heterocycles. The van der Waals surface area contributed by atoms with Gasteiger partial charge in [0, 0.05) is 25.2 Å². The van der Waals surface area contributed by atoms with Gasteiger partial charge in [0.15, 0.2) is 34.7 Å². The van der Waals surface area contributed by atoms with E-state index in [0.29, 0.717) is 48.9 Å². The largest absolute Gasteiger partial charge is 0.505 e. The van der Waals surface area contributed by atoms with Crippen molar-refractivity contribution >= 4 is 46.6 Å². The molecule has 2 aromatic heterocycles. The molecule has 4 fully saturated rings. The number of rotatable bonds is 10. The number of aliphatic carboxylic acids is 2. The molecule has 6 aliphatic rings. The van der Waals surface area contributed by atoms with Gasteiger partial charge < -0.3 is 29.6 Å². The fraction of sp³-hybridized carbons (Fsp3) is 0.550. The zero-order valence-corrected chi connectivity index (χ0v) is 29.3. The SMILES string of the molecule is O=C(O)CCC(=O)C1=C(O)c2c(C3CC3)ccn2C2(CCCCC2)C1=O.O=C(O)CCC(=O)C1=C(O)c2cc(C3CC3)cn2C2(CCCCC2)C1=O. The molecule has 2 spiro atoms. The fourth-order valence-electron chi connectivity index (χ4n) is 9.00. The number of hydrogen-bond acceptors (Lipinski definition) is 8. The first-order valence-corrected chi connectivity index (χ1v) is 18.8. The topological polar surface area (TPSA) is 193 Å². The maximum atomic E-state index is 13.3. The van der Waals surface area contributed by atoms with Gasteiger partial charge in [0.25, 0.3) is 0 Å². The lowest BCUT2D eigenvalue weighted by molar-refractivity contribution is -0.139. The van der Waals surface area contributed by atoms with Crippen LogP contribution in [0.2, 0.25) is 0 Å². The fourth-order valence-corrected chi connectivity index (χ4v) is 9.00. The molecule has 0 unspecified atom stereocenters. The molecule has 12 heteroatoms. The third-order valence-corrected chi connectivity index (χ3v) is 12.0. The van der Waals surface area contributed by atoms with Crippen LogP contribution in [0.1, 0.15) is 150 Å². The van der Waals surface area contributed by atoms with Crippen LogP contribution in [0.5, 0.6) is 0 Å². The molecule has 0 saturated heterocycles. The predicted octanol–water partition coefficient (Wildman–Crippen LogP) is 6.62. The Labute approximate surface area is 301 Å². The Kier molecular flexibility index (Phi) is 9.37. The minimum absolute atomic E-state index is 0.179. The molecule has 0 radical (unpaired) electrons. The first-order valence-electron chi connectivity index (χ1n) is 18.8. The van der Waals surface area contributed by atoms with Gasteiger partial charge in [0.05, 0.1) is 24.2 Å². The van der Waals surface area contributed by atoms with Crippen molar-refractivity contribution < 1.29 is 49.2 Å². The van der Waals surface area contributed by atoms with Crippen LogP contribution >= 0.6 is 0 Å². The highest BCUT2D eigenvalue weighted by molar-refractivity contribution is 6.28. The number of nitrogens with zero attached hydrogens (tertiary/aromatic N) is 2. The lowest BCUT2D eigenvalue weighted by Gasteiger charge is -2.41. The van der Waals surface area contributed by atoms with Gasteiger partial charge in [0.2, 0.25) is 0 Å². The third kappa shape index (κ3) is 6.13. The van der Waals surface area contributed by atoms with Crippen molar-refractivity contribution in [3.8, 4) is 0 Å². The van der Waals surface area contributed by atoms with Crippen molar-refractivity contribution in [2.45, 2.75) is 138 Å². The highest BCUT2D eigenvalue weighted by Gasteiger charge is 2.52. The number of fused-ring (bicyclic) bond motifs is 4. The Morgan fingerprint density at radius 2 is 1.13 bits per heavy atom. The molecule has 4 N–H and O–H groups in total. The first kappa shape index (κ1) is 35.7. The summed E-state index contributed by atoms with van der Waals surface area (Å²) in [5, 5.41) is 39.3. The second-order valence-corrected chi connectivity index (χ2v) is 15.5. The monoisotopic (exact) mass is 714 g/mol. The minimum Gasteiger partial charge on any atom is -0.505 e. The van der Waals surface area contributed by atoms with Crippen LogP contribution in [-0.2, 0) is 39.8 Å². The van der Waals surface area contributed by atoms with Gasteiger partial charge in [-0.15, -0.1) is 0 Å². The van der Waals surface area contributed by atoms with Crippen molar-refractivity contribution in [2.75, 3.05) is 0 Å². The summed E-state index contributed by atoms with van der Waals surface area (Å²) in [7, 11) is 0. The summed E-state index contributed by atoms with van der Waals surface area (Å²) in [6, 6.07) is 3.87. The standard InChI is InChI=1S/2C20H23NO5/c22-14(6-7-15(23)24)16-18(25)17-13(12-4-5-12)8-11-21(17)20(19(16)26)9-2-1-3-10-20;22-15(6-7-16(23)24)17-18(25)14-10-13(12-4-5-12)11-21(14)20(19(17)26)8-2-1-3-9-20/h8,11-12,25H,1-7,9-10H2,(H,23,24);10-12,25H,1-9H2,(H,23,24). The number of carboxylic acid groups (broad SMARTS) is 2. The number of carbonyl (C=O) groups excluding carboxylic acids is 4. The number of ketones is 4. The first-order chi connectivity index (χ1) is 24.9. The van der Waals surface area contributed by atoms with Gasteiger partial charge in [-0.05, 0) is 86.5 Å². The second-order valence-electron chi connectivity index (χ2n) is 15.5. The molecular formula is C40H46N2O10. The molecule has 0 aromatic carbocycles. The molecular weight excluding hydrogens is 668 g/mol. The second kappa shape index (κ2) is 13.7. The van der Waals surface area contributed by atoms with Crippen molar-refractivity contribution in [3.63, 3.8) is 0 Å². The van der Waals surface area contributed by atoms with Crippen LogP contribution in [0.25, 0.3) is 11.5 Å². The number of aliphatic hydroxyl groups excluding tert-OH is 2. The Morgan fingerprint density at radius 1 is 0.654 bits per heavy atom. The Bertz CT molecular complexity index is 1900. The molecule has 2 aromatic rings. The van der Waals surface area contributed by atoms with Gasteiger partial charge in [-0.25, -0.2) is 0 Å². The van der Waals surface area contributed by atoms with E-state index in [0.717, 1.165) is 75.3 Å². The third-order valence-electron chi connectivity index (χ3n) is 12.0. The molecule has 0 amide bonds. The zero-order valence-electron chi connectivity index (χ0n) is 29.3. The smallest absolute Gasteiger partial charge is 0.303 e. The van der Waals surface area contributed by atoms with E-state index in [1.807, 2.05) is 33.7 Å². The highest BCUT2D eigenvalue weighted by atomic mass is 16.4. The van der Waals surface area contributed by atoms with Gasteiger partial charge in [-0.1, -0.05) is 38.5 Å². The lowest BCUT2D eigenvalue weighted by Crippen LogP contribution is -2.48. The van der Waals surface area contributed by atoms with Crippen molar-refractivity contribution in [2.24, 2.45) is 0 Å². The van der Waals surface area contributed by atoms with E-state index in [-0.39, 0.29) is 59.9 Å². The summed E-state index contributed by atoms with van der Waals surface area (Å²) in [6.07, 6.45) is 15.3. The number of Topliss-reactive ketones (excluding diaryl/α,β-unsaturated/α-hetero) is 4. The number of carbonyl (C=O) groups is 6. The molecule has 4 saturated carbocycles. The van der Waals surface area contributed by atoms with Crippen LogP contribution < -0.4 is 0 Å². The van der Waals surface area contributed by atoms with Crippen LogP contribution in [0.15, 0.2) is 35.7 Å². The van der Waals surface area contributed by atoms with Crippen molar-refractivity contribution in [1.29, 1.82) is 0 Å². The summed E-state index contributed by atoms with van der Waals surface area (Å²) in [5.74, 6) is -3.67. The normalized spacial score (nSPS) is 21.8. The van der Waals surface area contributed by atoms with E-state index < -0.39 is 34.6 Å². The van der Waals surface area contributed by atoms with Crippen molar-refractivity contribution in [1.82, 2.24) is 9.13 Å². The lowest BCUT2D eigenvalue weighted by atomic mass is 9.72. The van der Waals surface area contributed by atoms with Gasteiger partial charge in [-0.3, -0.25) is 28.8 Å². The molecule has 0 bridgehead atoms. The van der Waals surface area contributed by atoms with Gasteiger partial charge in [0.1, 0.15) is 22.2 Å². The Balaban J connectivity index is 0.000000162. The average Bonchev–Trinajstić information content (AvgIpc) is 4.07. The quantitative estimate of drug-likeness (QED) is 0.194. The molecule has 276 valence electrons.